The largest absolute Gasteiger partial charge is 0.481 e. The summed E-state index contributed by atoms with van der Waals surface area (Å²) in [6.07, 6.45) is 7.70. The van der Waals surface area contributed by atoms with E-state index in [9.17, 15) is 9.59 Å². The Labute approximate surface area is 127 Å². The number of nitrogens with two attached hydrogens (primary N) is 1. The first-order valence-corrected chi connectivity index (χ1v) is 8.20. The first-order chi connectivity index (χ1) is 10.0. The SMILES string of the molecule is CCCC(CCNC(=O)CC1(CN)CCC1)CCC(=O)O. The first-order valence-electron chi connectivity index (χ1n) is 8.20. The topological polar surface area (TPSA) is 92.4 Å². The van der Waals surface area contributed by atoms with E-state index in [1.165, 1.54) is 6.42 Å². The van der Waals surface area contributed by atoms with Gasteiger partial charge in [0.2, 0.25) is 5.91 Å². The van der Waals surface area contributed by atoms with Crippen LogP contribution in [0.2, 0.25) is 0 Å². The minimum atomic E-state index is -0.741. The monoisotopic (exact) mass is 298 g/mol. The Morgan fingerprint density at radius 1 is 1.29 bits per heavy atom. The number of hydrogen-bond donors (Lipinski definition) is 3. The highest BCUT2D eigenvalue weighted by molar-refractivity contribution is 5.76. The van der Waals surface area contributed by atoms with Gasteiger partial charge in [-0.05, 0) is 43.6 Å². The summed E-state index contributed by atoms with van der Waals surface area (Å²) in [4.78, 5) is 22.6. The van der Waals surface area contributed by atoms with Crippen molar-refractivity contribution in [2.75, 3.05) is 13.1 Å². The van der Waals surface area contributed by atoms with E-state index in [-0.39, 0.29) is 17.7 Å². The summed E-state index contributed by atoms with van der Waals surface area (Å²) in [6, 6.07) is 0. The molecule has 5 heteroatoms. The molecule has 1 aliphatic carbocycles. The van der Waals surface area contributed by atoms with Gasteiger partial charge in [-0.2, -0.15) is 0 Å². The third-order valence-corrected chi connectivity index (χ3v) is 4.72. The highest BCUT2D eigenvalue weighted by Gasteiger charge is 2.37. The maximum atomic E-state index is 12.0. The molecular weight excluding hydrogens is 268 g/mol. The molecular formula is C16H30N2O3. The van der Waals surface area contributed by atoms with Crippen molar-refractivity contribution in [1.82, 2.24) is 5.32 Å². The van der Waals surface area contributed by atoms with E-state index in [4.69, 9.17) is 10.8 Å². The van der Waals surface area contributed by atoms with E-state index < -0.39 is 5.97 Å². The molecule has 0 aromatic heterocycles. The molecule has 1 aliphatic rings. The smallest absolute Gasteiger partial charge is 0.303 e. The van der Waals surface area contributed by atoms with Gasteiger partial charge in [-0.3, -0.25) is 9.59 Å². The van der Waals surface area contributed by atoms with Gasteiger partial charge < -0.3 is 16.2 Å². The molecule has 1 atom stereocenters. The van der Waals surface area contributed by atoms with Crippen molar-refractivity contribution in [3.8, 4) is 0 Å². The number of carboxylic acids is 1. The van der Waals surface area contributed by atoms with Crippen LogP contribution in [0.3, 0.4) is 0 Å². The lowest BCUT2D eigenvalue weighted by atomic mass is 9.66. The zero-order valence-electron chi connectivity index (χ0n) is 13.2. The molecule has 1 rings (SSSR count). The van der Waals surface area contributed by atoms with E-state index in [2.05, 4.69) is 12.2 Å². The van der Waals surface area contributed by atoms with Crippen LogP contribution in [0.25, 0.3) is 0 Å². The van der Waals surface area contributed by atoms with E-state index >= 15 is 0 Å². The first kappa shape index (κ1) is 18.0. The van der Waals surface area contributed by atoms with Crippen molar-refractivity contribution in [2.45, 2.75) is 64.7 Å². The highest BCUT2D eigenvalue weighted by Crippen LogP contribution is 2.42. The summed E-state index contributed by atoms with van der Waals surface area (Å²) in [7, 11) is 0. The Hall–Kier alpha value is -1.10. The minimum absolute atomic E-state index is 0.0518. The van der Waals surface area contributed by atoms with Gasteiger partial charge in [-0.15, -0.1) is 0 Å². The minimum Gasteiger partial charge on any atom is -0.481 e. The van der Waals surface area contributed by atoms with Crippen LogP contribution in [0.15, 0.2) is 0 Å². The van der Waals surface area contributed by atoms with Crippen LogP contribution >= 0.6 is 0 Å². The molecule has 1 saturated carbocycles. The quantitative estimate of drug-likeness (QED) is 0.545. The third kappa shape index (κ3) is 6.46. The molecule has 122 valence electrons. The maximum absolute atomic E-state index is 12.0. The van der Waals surface area contributed by atoms with Gasteiger partial charge in [-0.1, -0.05) is 26.2 Å². The molecule has 21 heavy (non-hydrogen) atoms. The number of aliphatic carboxylic acids is 1. The molecule has 0 heterocycles. The fourth-order valence-corrected chi connectivity index (χ4v) is 3.12. The number of carboxylic acid groups (broad SMARTS) is 1. The van der Waals surface area contributed by atoms with Crippen molar-refractivity contribution in [2.24, 2.45) is 17.1 Å². The number of amides is 1. The van der Waals surface area contributed by atoms with Gasteiger partial charge in [0, 0.05) is 19.4 Å². The van der Waals surface area contributed by atoms with E-state index in [0.717, 1.165) is 32.1 Å². The van der Waals surface area contributed by atoms with E-state index in [1.807, 2.05) is 0 Å². The van der Waals surface area contributed by atoms with Crippen LogP contribution in [0.1, 0.15) is 64.7 Å². The molecule has 1 unspecified atom stereocenters. The van der Waals surface area contributed by atoms with E-state index in [1.54, 1.807) is 0 Å². The van der Waals surface area contributed by atoms with Crippen molar-refractivity contribution in [1.29, 1.82) is 0 Å². The van der Waals surface area contributed by atoms with Crippen molar-refractivity contribution in [3.63, 3.8) is 0 Å². The summed E-state index contributed by atoms with van der Waals surface area (Å²) in [5.74, 6) is -0.262. The third-order valence-electron chi connectivity index (χ3n) is 4.72. The van der Waals surface area contributed by atoms with Crippen LogP contribution < -0.4 is 11.1 Å². The van der Waals surface area contributed by atoms with Crippen LogP contribution in [0.4, 0.5) is 0 Å². The van der Waals surface area contributed by atoms with Gasteiger partial charge in [0.1, 0.15) is 0 Å². The number of carbonyl (C=O) groups is 2. The lowest BCUT2D eigenvalue weighted by molar-refractivity contribution is -0.137. The molecule has 0 saturated heterocycles. The molecule has 0 spiro atoms. The normalized spacial score (nSPS) is 17.8. The van der Waals surface area contributed by atoms with Crippen LogP contribution in [0.5, 0.6) is 0 Å². The number of hydrogen-bond acceptors (Lipinski definition) is 3. The van der Waals surface area contributed by atoms with Gasteiger partial charge in [-0.25, -0.2) is 0 Å². The van der Waals surface area contributed by atoms with Crippen LogP contribution in [-0.2, 0) is 9.59 Å². The Kier molecular flexibility index (Phi) is 7.72. The number of carbonyl (C=O) groups excluding carboxylic acids is 1. The zero-order chi connectivity index (χ0) is 15.7. The fraction of sp³-hybridized carbons (Fsp3) is 0.875. The van der Waals surface area contributed by atoms with Crippen molar-refractivity contribution < 1.29 is 14.7 Å². The molecule has 0 aromatic carbocycles. The van der Waals surface area contributed by atoms with Gasteiger partial charge >= 0.3 is 5.97 Å². The molecule has 5 nitrogen and oxygen atoms in total. The second-order valence-corrected chi connectivity index (χ2v) is 6.46. The molecule has 0 radical (unpaired) electrons. The van der Waals surface area contributed by atoms with Gasteiger partial charge in [0.05, 0.1) is 0 Å². The zero-order valence-corrected chi connectivity index (χ0v) is 13.2. The molecule has 0 bridgehead atoms. The average Bonchev–Trinajstić information content (AvgIpc) is 2.40. The predicted molar refractivity (Wildman–Crippen MR) is 82.8 cm³/mol. The van der Waals surface area contributed by atoms with Crippen LogP contribution in [-0.4, -0.2) is 30.1 Å². The lowest BCUT2D eigenvalue weighted by Crippen LogP contribution is -2.42. The summed E-state index contributed by atoms with van der Waals surface area (Å²) in [5, 5.41) is 11.7. The summed E-state index contributed by atoms with van der Waals surface area (Å²) >= 11 is 0. The number of rotatable bonds is 11. The molecule has 0 aromatic rings. The molecule has 1 fully saturated rings. The summed E-state index contributed by atoms with van der Waals surface area (Å²) < 4.78 is 0. The Morgan fingerprint density at radius 2 is 2.00 bits per heavy atom. The Bertz CT molecular complexity index is 335. The molecule has 1 amide bonds. The second-order valence-electron chi connectivity index (χ2n) is 6.46. The van der Waals surface area contributed by atoms with Crippen molar-refractivity contribution >= 4 is 11.9 Å². The molecule has 4 N–H and O–H groups in total. The second kappa shape index (κ2) is 9.03. The Balaban J connectivity index is 2.22. The highest BCUT2D eigenvalue weighted by atomic mass is 16.4. The molecule has 0 aliphatic heterocycles. The van der Waals surface area contributed by atoms with Crippen LogP contribution in [0, 0.1) is 11.3 Å². The standard InChI is InChI=1S/C16H30N2O3/c1-2-4-13(5-6-15(20)21)7-10-18-14(19)11-16(12-17)8-3-9-16/h13H,2-12,17H2,1H3,(H,18,19)(H,20,21). The summed E-state index contributed by atoms with van der Waals surface area (Å²) in [5.41, 5.74) is 5.82. The van der Waals surface area contributed by atoms with Gasteiger partial charge in [0.15, 0.2) is 0 Å². The lowest BCUT2D eigenvalue weighted by Gasteiger charge is -2.40. The average molecular weight is 298 g/mol. The van der Waals surface area contributed by atoms with Crippen molar-refractivity contribution in [3.05, 3.63) is 0 Å². The number of nitrogens with one attached hydrogen (secondary N) is 1. The van der Waals surface area contributed by atoms with Gasteiger partial charge in [0.25, 0.3) is 0 Å². The summed E-state index contributed by atoms with van der Waals surface area (Å²) in [6.45, 7) is 3.34. The fourth-order valence-electron chi connectivity index (χ4n) is 3.12. The van der Waals surface area contributed by atoms with E-state index in [0.29, 0.717) is 31.8 Å². The predicted octanol–water partition coefficient (Wildman–Crippen LogP) is 2.29. The Morgan fingerprint density at radius 3 is 2.48 bits per heavy atom. The maximum Gasteiger partial charge on any atom is 0.303 e.